The van der Waals surface area contributed by atoms with Crippen molar-refractivity contribution >= 4 is 5.78 Å². The second-order valence-corrected chi connectivity index (χ2v) is 4.37. The minimum atomic E-state index is 0.167. The van der Waals surface area contributed by atoms with E-state index >= 15 is 0 Å². The molecule has 3 aromatic carbocycles. The summed E-state index contributed by atoms with van der Waals surface area (Å²) in [6, 6.07) is 36.0. The standard InChI is InChI=1S/3C6H6.C3H6O.2C2H6/c3*1-2-4-6-5-3-1;1-3(2)4;2*1-2/h3*1-6H;1-2H3;2*1-2H3. The number of carbonyl (C=O) groups is 1. The second kappa shape index (κ2) is 30.2. The van der Waals surface area contributed by atoms with Gasteiger partial charge in [0.1, 0.15) is 5.78 Å². The molecule has 0 aliphatic rings. The number of Topliss-reactive ketones (excluding diaryl/α,β-unsaturated/α-hetero) is 1. The van der Waals surface area contributed by atoms with Crippen molar-refractivity contribution < 1.29 is 4.79 Å². The van der Waals surface area contributed by atoms with Crippen LogP contribution in [0.1, 0.15) is 41.5 Å². The molecule has 0 unspecified atom stereocenters. The molecule has 0 radical (unpaired) electrons. The lowest BCUT2D eigenvalue weighted by molar-refractivity contribution is -0.114. The molecule has 26 heavy (non-hydrogen) atoms. The first-order valence-electron chi connectivity index (χ1n) is 9.20. The van der Waals surface area contributed by atoms with Crippen LogP contribution in [0.15, 0.2) is 109 Å². The van der Waals surface area contributed by atoms with Gasteiger partial charge in [0.2, 0.25) is 0 Å². The molecule has 0 amide bonds. The van der Waals surface area contributed by atoms with Crippen molar-refractivity contribution in [2.75, 3.05) is 0 Å². The largest absolute Gasteiger partial charge is 0.300 e. The van der Waals surface area contributed by atoms with E-state index in [0.717, 1.165) is 0 Å². The zero-order valence-corrected chi connectivity index (χ0v) is 17.3. The Balaban J connectivity index is -0.000000258. The quantitative estimate of drug-likeness (QED) is 0.405. The van der Waals surface area contributed by atoms with Gasteiger partial charge in [-0.2, -0.15) is 0 Å². The Hall–Kier alpha value is -2.67. The Bertz CT molecular complexity index is 374. The van der Waals surface area contributed by atoms with Crippen LogP contribution >= 0.6 is 0 Å². The van der Waals surface area contributed by atoms with Crippen LogP contribution in [0.4, 0.5) is 0 Å². The molecule has 0 N–H and O–H groups in total. The van der Waals surface area contributed by atoms with E-state index in [1.54, 1.807) is 0 Å². The number of ketones is 1. The number of carbonyl (C=O) groups excluding carboxylic acids is 1. The summed E-state index contributed by atoms with van der Waals surface area (Å²) in [4.78, 5) is 9.44. The highest BCUT2D eigenvalue weighted by atomic mass is 16.1. The Kier molecular flexibility index (Phi) is 32.7. The molecule has 3 aromatic rings. The van der Waals surface area contributed by atoms with Gasteiger partial charge in [-0.3, -0.25) is 0 Å². The third kappa shape index (κ3) is 37.5. The van der Waals surface area contributed by atoms with E-state index in [-0.39, 0.29) is 5.78 Å². The fraction of sp³-hybridized carbons (Fsp3) is 0.240. The summed E-state index contributed by atoms with van der Waals surface area (Å²) in [5.41, 5.74) is 0. The van der Waals surface area contributed by atoms with E-state index in [9.17, 15) is 4.79 Å². The Morgan fingerprint density at radius 3 is 0.423 bits per heavy atom. The van der Waals surface area contributed by atoms with E-state index in [1.807, 2.05) is 137 Å². The molecule has 0 aliphatic carbocycles. The highest BCUT2D eigenvalue weighted by Gasteiger charge is 1.62. The highest BCUT2D eigenvalue weighted by Crippen LogP contribution is 1.81. The van der Waals surface area contributed by atoms with E-state index in [0.29, 0.717) is 0 Å². The van der Waals surface area contributed by atoms with Gasteiger partial charge in [-0.25, -0.2) is 0 Å². The van der Waals surface area contributed by atoms with Crippen molar-refractivity contribution in [3.63, 3.8) is 0 Å². The minimum Gasteiger partial charge on any atom is -0.300 e. The summed E-state index contributed by atoms with van der Waals surface area (Å²) >= 11 is 0. The zero-order valence-electron chi connectivity index (χ0n) is 17.3. The molecule has 0 bridgehead atoms. The van der Waals surface area contributed by atoms with Crippen molar-refractivity contribution in [3.8, 4) is 0 Å². The lowest BCUT2D eigenvalue weighted by Crippen LogP contribution is -1.69. The van der Waals surface area contributed by atoms with E-state index in [4.69, 9.17) is 0 Å². The van der Waals surface area contributed by atoms with Crippen molar-refractivity contribution in [2.24, 2.45) is 0 Å². The van der Waals surface area contributed by atoms with Gasteiger partial charge in [-0.15, -0.1) is 0 Å². The van der Waals surface area contributed by atoms with Crippen LogP contribution < -0.4 is 0 Å². The van der Waals surface area contributed by atoms with Crippen LogP contribution in [0.5, 0.6) is 0 Å². The molecule has 0 heterocycles. The average Bonchev–Trinajstić information content (AvgIpc) is 2.75. The second-order valence-electron chi connectivity index (χ2n) is 4.37. The van der Waals surface area contributed by atoms with Gasteiger partial charge in [-0.1, -0.05) is 137 Å². The predicted molar refractivity (Wildman–Crippen MR) is 118 cm³/mol. The fourth-order valence-corrected chi connectivity index (χ4v) is 1.15. The topological polar surface area (TPSA) is 17.1 Å². The molecule has 142 valence electrons. The van der Waals surface area contributed by atoms with Crippen LogP contribution in [-0.4, -0.2) is 5.78 Å². The molecule has 1 heteroatoms. The van der Waals surface area contributed by atoms with Gasteiger partial charge < -0.3 is 4.79 Å². The van der Waals surface area contributed by atoms with Gasteiger partial charge in [0, 0.05) is 0 Å². The summed E-state index contributed by atoms with van der Waals surface area (Å²) in [6.45, 7) is 11.1. The number of hydrogen-bond donors (Lipinski definition) is 0. The summed E-state index contributed by atoms with van der Waals surface area (Å²) in [5, 5.41) is 0. The molecule has 0 fully saturated rings. The lowest BCUT2D eigenvalue weighted by atomic mass is 10.4. The molecule has 0 saturated carbocycles. The molecule has 0 atom stereocenters. The summed E-state index contributed by atoms with van der Waals surface area (Å²) < 4.78 is 0. The van der Waals surface area contributed by atoms with E-state index in [2.05, 4.69) is 0 Å². The summed E-state index contributed by atoms with van der Waals surface area (Å²) in [6.07, 6.45) is 0. The monoisotopic (exact) mass is 352 g/mol. The first-order chi connectivity index (χ1) is 12.7. The van der Waals surface area contributed by atoms with E-state index in [1.165, 1.54) is 13.8 Å². The minimum absolute atomic E-state index is 0.167. The number of benzene rings is 3. The third-order valence-electron chi connectivity index (χ3n) is 2.00. The van der Waals surface area contributed by atoms with Crippen LogP contribution in [-0.2, 0) is 4.79 Å². The number of rotatable bonds is 0. The molecule has 0 aromatic heterocycles. The maximum Gasteiger partial charge on any atom is 0.126 e. The van der Waals surface area contributed by atoms with Gasteiger partial charge in [-0.05, 0) is 13.8 Å². The predicted octanol–water partition coefficient (Wildman–Crippen LogP) is 7.71. The smallest absolute Gasteiger partial charge is 0.126 e. The van der Waals surface area contributed by atoms with Crippen molar-refractivity contribution in [1.29, 1.82) is 0 Å². The summed E-state index contributed by atoms with van der Waals surface area (Å²) in [5.74, 6) is 0.167. The Morgan fingerprint density at radius 2 is 0.385 bits per heavy atom. The highest BCUT2D eigenvalue weighted by molar-refractivity contribution is 5.72. The number of hydrogen-bond acceptors (Lipinski definition) is 1. The van der Waals surface area contributed by atoms with Gasteiger partial charge >= 0.3 is 0 Å². The first kappa shape index (κ1) is 28.1. The maximum absolute atomic E-state index is 9.44. The molecular formula is C25H36O. The summed E-state index contributed by atoms with van der Waals surface area (Å²) in [7, 11) is 0. The van der Waals surface area contributed by atoms with Crippen LogP contribution in [0, 0.1) is 0 Å². The maximum atomic E-state index is 9.44. The molecule has 3 rings (SSSR count). The van der Waals surface area contributed by atoms with Gasteiger partial charge in [0.15, 0.2) is 0 Å². The Morgan fingerprint density at radius 1 is 0.346 bits per heavy atom. The normalized spacial score (nSPS) is 7.00. The molecule has 0 spiro atoms. The fourth-order valence-electron chi connectivity index (χ4n) is 1.15. The van der Waals surface area contributed by atoms with Crippen LogP contribution in [0.3, 0.4) is 0 Å². The van der Waals surface area contributed by atoms with Crippen molar-refractivity contribution in [3.05, 3.63) is 109 Å². The average molecular weight is 353 g/mol. The van der Waals surface area contributed by atoms with Gasteiger partial charge in [0.05, 0.1) is 0 Å². The zero-order chi connectivity index (χ0) is 20.3. The third-order valence-corrected chi connectivity index (χ3v) is 2.00. The lowest BCUT2D eigenvalue weighted by Gasteiger charge is -1.69. The molecular weight excluding hydrogens is 316 g/mol. The molecule has 0 aliphatic heterocycles. The molecule has 1 nitrogen and oxygen atoms in total. The Labute approximate surface area is 161 Å². The van der Waals surface area contributed by atoms with Crippen LogP contribution in [0.25, 0.3) is 0 Å². The van der Waals surface area contributed by atoms with E-state index < -0.39 is 0 Å². The van der Waals surface area contributed by atoms with Crippen molar-refractivity contribution in [1.82, 2.24) is 0 Å². The molecule has 0 saturated heterocycles. The first-order valence-corrected chi connectivity index (χ1v) is 9.20. The van der Waals surface area contributed by atoms with Crippen molar-refractivity contribution in [2.45, 2.75) is 41.5 Å². The SMILES string of the molecule is CC.CC.CC(C)=O.c1ccccc1.c1ccccc1.c1ccccc1. The van der Waals surface area contributed by atoms with Crippen LogP contribution in [0.2, 0.25) is 0 Å². The van der Waals surface area contributed by atoms with Gasteiger partial charge in [0.25, 0.3) is 0 Å².